The minimum Gasteiger partial charge on any atom is -0.341 e. The van der Waals surface area contributed by atoms with Gasteiger partial charge in [-0.3, -0.25) is 0 Å². The van der Waals surface area contributed by atoms with Crippen LogP contribution in [0.4, 0.5) is 5.95 Å². The fourth-order valence-corrected chi connectivity index (χ4v) is 2.18. The van der Waals surface area contributed by atoms with Crippen molar-refractivity contribution in [2.75, 3.05) is 18.0 Å². The van der Waals surface area contributed by atoms with E-state index in [0.29, 0.717) is 5.41 Å². The molecule has 0 aliphatic carbocycles. The summed E-state index contributed by atoms with van der Waals surface area (Å²) < 4.78 is 0. The molecule has 0 atom stereocenters. The average molecular weight is 284 g/mol. The number of piperidine rings is 1. The molecule has 88 valence electrons. The predicted octanol–water partition coefficient (Wildman–Crippen LogP) is 3.00. The Bertz CT molecular complexity index is 338. The second-order valence-electron chi connectivity index (χ2n) is 5.18. The minimum atomic E-state index is 0.478. The van der Waals surface area contributed by atoms with Gasteiger partial charge in [-0.15, -0.1) is 0 Å². The minimum absolute atomic E-state index is 0.478. The average Bonchev–Trinajstić information content (AvgIpc) is 2.29. The topological polar surface area (TPSA) is 29.0 Å². The molecule has 1 aliphatic rings. The van der Waals surface area contributed by atoms with Crippen LogP contribution in [-0.2, 0) is 5.33 Å². The van der Waals surface area contributed by atoms with Gasteiger partial charge in [-0.25, -0.2) is 9.97 Å². The first-order chi connectivity index (χ1) is 7.61. The first kappa shape index (κ1) is 11.8. The van der Waals surface area contributed by atoms with Crippen LogP contribution < -0.4 is 4.90 Å². The Morgan fingerprint density at radius 1 is 1.25 bits per heavy atom. The summed E-state index contributed by atoms with van der Waals surface area (Å²) in [6, 6.07) is 0. The van der Waals surface area contributed by atoms with Gasteiger partial charge in [0.2, 0.25) is 5.95 Å². The summed E-state index contributed by atoms with van der Waals surface area (Å²) in [7, 11) is 0. The van der Waals surface area contributed by atoms with Crippen LogP contribution in [0.5, 0.6) is 0 Å². The Morgan fingerprint density at radius 2 is 1.81 bits per heavy atom. The second kappa shape index (κ2) is 4.70. The molecular formula is C12H18BrN3. The highest BCUT2D eigenvalue weighted by atomic mass is 79.9. The Kier molecular flexibility index (Phi) is 3.47. The molecule has 2 rings (SSSR count). The zero-order valence-corrected chi connectivity index (χ0v) is 11.5. The van der Waals surface area contributed by atoms with Crippen LogP contribution in [0.25, 0.3) is 0 Å². The maximum Gasteiger partial charge on any atom is 0.225 e. The van der Waals surface area contributed by atoms with Gasteiger partial charge in [-0.1, -0.05) is 29.8 Å². The van der Waals surface area contributed by atoms with E-state index >= 15 is 0 Å². The number of alkyl halides is 1. The van der Waals surface area contributed by atoms with Crippen LogP contribution >= 0.6 is 15.9 Å². The summed E-state index contributed by atoms with van der Waals surface area (Å²) in [6.45, 7) is 6.81. The lowest BCUT2D eigenvalue weighted by Crippen LogP contribution is -2.38. The first-order valence-corrected chi connectivity index (χ1v) is 6.85. The van der Waals surface area contributed by atoms with Gasteiger partial charge in [0.1, 0.15) is 0 Å². The van der Waals surface area contributed by atoms with Crippen molar-refractivity contribution in [3.05, 3.63) is 18.0 Å². The molecular weight excluding hydrogens is 266 g/mol. The zero-order chi connectivity index (χ0) is 11.6. The third-order valence-corrected chi connectivity index (χ3v) is 3.89. The van der Waals surface area contributed by atoms with E-state index in [0.717, 1.165) is 29.9 Å². The molecule has 0 spiro atoms. The number of rotatable bonds is 2. The summed E-state index contributed by atoms with van der Waals surface area (Å²) in [5.41, 5.74) is 1.60. The SMILES string of the molecule is CC1(C)CCN(c2ncc(CBr)cn2)CC1. The van der Waals surface area contributed by atoms with Crippen molar-refractivity contribution in [3.8, 4) is 0 Å². The molecule has 0 aromatic carbocycles. The van der Waals surface area contributed by atoms with Gasteiger partial charge in [0.05, 0.1) is 0 Å². The number of hydrogen-bond donors (Lipinski definition) is 0. The van der Waals surface area contributed by atoms with Crippen molar-refractivity contribution in [1.82, 2.24) is 9.97 Å². The number of nitrogens with zero attached hydrogens (tertiary/aromatic N) is 3. The molecule has 4 heteroatoms. The highest BCUT2D eigenvalue weighted by Crippen LogP contribution is 2.30. The number of hydrogen-bond acceptors (Lipinski definition) is 3. The molecule has 1 saturated heterocycles. The van der Waals surface area contributed by atoms with Crippen LogP contribution in [-0.4, -0.2) is 23.1 Å². The van der Waals surface area contributed by atoms with E-state index in [1.165, 1.54) is 12.8 Å². The molecule has 0 saturated carbocycles. The van der Waals surface area contributed by atoms with E-state index in [1.54, 1.807) is 0 Å². The van der Waals surface area contributed by atoms with Crippen LogP contribution in [0.2, 0.25) is 0 Å². The van der Waals surface area contributed by atoms with Gasteiger partial charge >= 0.3 is 0 Å². The van der Waals surface area contributed by atoms with Gasteiger partial charge in [-0.2, -0.15) is 0 Å². The molecule has 2 heterocycles. The highest BCUT2D eigenvalue weighted by molar-refractivity contribution is 9.08. The largest absolute Gasteiger partial charge is 0.341 e. The Morgan fingerprint density at radius 3 is 2.31 bits per heavy atom. The molecule has 1 fully saturated rings. The fraction of sp³-hybridized carbons (Fsp3) is 0.667. The molecule has 0 unspecified atom stereocenters. The lowest BCUT2D eigenvalue weighted by atomic mass is 9.83. The van der Waals surface area contributed by atoms with E-state index in [2.05, 4.69) is 44.6 Å². The molecule has 3 nitrogen and oxygen atoms in total. The van der Waals surface area contributed by atoms with E-state index in [4.69, 9.17) is 0 Å². The van der Waals surface area contributed by atoms with Crippen molar-refractivity contribution in [3.63, 3.8) is 0 Å². The lowest BCUT2D eigenvalue weighted by Gasteiger charge is -2.36. The smallest absolute Gasteiger partial charge is 0.225 e. The Hall–Kier alpha value is -0.640. The van der Waals surface area contributed by atoms with Gasteiger partial charge in [-0.05, 0) is 23.8 Å². The maximum atomic E-state index is 4.41. The zero-order valence-electron chi connectivity index (χ0n) is 9.91. The number of anilines is 1. The van der Waals surface area contributed by atoms with Crippen molar-refractivity contribution in [2.45, 2.75) is 32.0 Å². The summed E-state index contributed by atoms with van der Waals surface area (Å²) in [5, 5.41) is 0.820. The third kappa shape index (κ3) is 2.73. The molecule has 0 amide bonds. The lowest BCUT2D eigenvalue weighted by molar-refractivity contribution is 0.278. The highest BCUT2D eigenvalue weighted by Gasteiger charge is 2.26. The summed E-state index contributed by atoms with van der Waals surface area (Å²) in [5.74, 6) is 0.875. The molecule has 0 radical (unpaired) electrons. The quantitative estimate of drug-likeness (QED) is 0.782. The van der Waals surface area contributed by atoms with Crippen LogP contribution in [0.3, 0.4) is 0 Å². The monoisotopic (exact) mass is 283 g/mol. The molecule has 0 N–H and O–H groups in total. The van der Waals surface area contributed by atoms with Gasteiger partial charge in [0.25, 0.3) is 0 Å². The fourth-order valence-electron chi connectivity index (χ4n) is 1.89. The van der Waals surface area contributed by atoms with E-state index < -0.39 is 0 Å². The van der Waals surface area contributed by atoms with E-state index in [9.17, 15) is 0 Å². The molecule has 1 aromatic heterocycles. The Labute approximate surface area is 105 Å². The van der Waals surface area contributed by atoms with Crippen molar-refractivity contribution >= 4 is 21.9 Å². The van der Waals surface area contributed by atoms with Crippen LogP contribution in [0.1, 0.15) is 32.3 Å². The van der Waals surface area contributed by atoms with Gasteiger partial charge in [0.15, 0.2) is 0 Å². The van der Waals surface area contributed by atoms with Gasteiger partial charge < -0.3 is 4.90 Å². The summed E-state index contributed by atoms with van der Waals surface area (Å²) in [6.07, 6.45) is 6.24. The third-order valence-electron chi connectivity index (χ3n) is 3.25. The Balaban J connectivity index is 2.03. The summed E-state index contributed by atoms with van der Waals surface area (Å²) >= 11 is 3.40. The molecule has 0 bridgehead atoms. The van der Waals surface area contributed by atoms with E-state index in [-0.39, 0.29) is 0 Å². The van der Waals surface area contributed by atoms with Crippen molar-refractivity contribution in [2.24, 2.45) is 5.41 Å². The predicted molar refractivity (Wildman–Crippen MR) is 69.9 cm³/mol. The van der Waals surface area contributed by atoms with Gasteiger partial charge in [0, 0.05) is 30.8 Å². The van der Waals surface area contributed by atoms with Crippen molar-refractivity contribution < 1.29 is 0 Å². The van der Waals surface area contributed by atoms with Crippen molar-refractivity contribution in [1.29, 1.82) is 0 Å². The summed E-state index contributed by atoms with van der Waals surface area (Å²) in [4.78, 5) is 11.1. The number of aromatic nitrogens is 2. The number of halogens is 1. The van der Waals surface area contributed by atoms with Crippen LogP contribution in [0.15, 0.2) is 12.4 Å². The molecule has 1 aromatic rings. The second-order valence-corrected chi connectivity index (χ2v) is 5.74. The normalized spacial score (nSPS) is 19.8. The molecule has 16 heavy (non-hydrogen) atoms. The standard InChI is InChI=1S/C12H18BrN3/c1-12(2)3-5-16(6-4-12)11-14-8-10(7-13)9-15-11/h8-9H,3-7H2,1-2H3. The maximum absolute atomic E-state index is 4.41. The first-order valence-electron chi connectivity index (χ1n) is 5.72. The van der Waals surface area contributed by atoms with E-state index in [1.807, 2.05) is 12.4 Å². The van der Waals surface area contributed by atoms with Crippen LogP contribution in [0, 0.1) is 5.41 Å². The molecule has 1 aliphatic heterocycles.